The van der Waals surface area contributed by atoms with Gasteiger partial charge in [-0.15, -0.1) is 10.2 Å². The monoisotopic (exact) mass is 402 g/mol. The maximum Gasteiger partial charge on any atom is 0.233 e. The molecule has 6 nitrogen and oxygen atoms in total. The molecule has 0 bridgehead atoms. The molecule has 1 aromatic heterocycles. The van der Waals surface area contributed by atoms with Crippen LogP contribution in [0.25, 0.3) is 0 Å². The first-order valence-electron chi connectivity index (χ1n) is 9.89. The number of nitrogens with zero attached hydrogens (tertiary/aromatic N) is 4. The zero-order chi connectivity index (χ0) is 20.3. The number of rotatable bonds is 6. The second kappa shape index (κ2) is 8.99. The van der Waals surface area contributed by atoms with Crippen LogP contribution in [0.15, 0.2) is 23.4 Å². The van der Waals surface area contributed by atoms with Gasteiger partial charge in [-0.1, -0.05) is 23.9 Å². The largest absolute Gasteiger partial charge is 0.485 e. The number of piperidine rings is 1. The topological polar surface area (TPSA) is 60.3 Å². The minimum Gasteiger partial charge on any atom is -0.485 e. The zero-order valence-corrected chi connectivity index (χ0v) is 18.3. The molecule has 152 valence electrons. The molecule has 2 aromatic rings. The third-order valence-electron chi connectivity index (χ3n) is 5.64. The number of benzene rings is 1. The van der Waals surface area contributed by atoms with Crippen LogP contribution in [0, 0.1) is 13.8 Å². The van der Waals surface area contributed by atoms with Crippen molar-refractivity contribution in [3.8, 4) is 5.75 Å². The Bertz CT molecular complexity index is 826. The van der Waals surface area contributed by atoms with Crippen LogP contribution in [0.1, 0.15) is 50.1 Å². The standard InChI is InChI=1S/C21H30N4O2S/c1-14-8-6-11-18(17(14)4)27-12-19-22-23-21(24(19)5)28-13-20(26)25-15(2)9-7-10-16(25)3/h6,8,11,15-16H,7,9-10,12-13H2,1-5H3/t15-,16-/m1/s1. The molecule has 1 aliphatic heterocycles. The predicted molar refractivity (Wildman–Crippen MR) is 112 cm³/mol. The van der Waals surface area contributed by atoms with Gasteiger partial charge in [-0.2, -0.15) is 0 Å². The summed E-state index contributed by atoms with van der Waals surface area (Å²) >= 11 is 1.44. The van der Waals surface area contributed by atoms with E-state index >= 15 is 0 Å². The molecule has 0 radical (unpaired) electrons. The summed E-state index contributed by atoms with van der Waals surface area (Å²) in [7, 11) is 1.92. The van der Waals surface area contributed by atoms with E-state index in [4.69, 9.17) is 4.74 Å². The summed E-state index contributed by atoms with van der Waals surface area (Å²) in [4.78, 5) is 14.8. The van der Waals surface area contributed by atoms with Gasteiger partial charge in [0.25, 0.3) is 0 Å². The first-order chi connectivity index (χ1) is 13.4. The normalized spacial score (nSPS) is 19.7. The van der Waals surface area contributed by atoms with E-state index in [1.807, 2.05) is 28.6 Å². The summed E-state index contributed by atoms with van der Waals surface area (Å²) in [6.45, 7) is 8.76. The number of carbonyl (C=O) groups is 1. The highest BCUT2D eigenvalue weighted by atomic mass is 32.2. The first-order valence-corrected chi connectivity index (χ1v) is 10.9. The molecule has 7 heteroatoms. The summed E-state index contributed by atoms with van der Waals surface area (Å²) in [6, 6.07) is 6.66. The molecule has 1 aromatic carbocycles. The Labute approximate surface area is 171 Å². The van der Waals surface area contributed by atoms with Gasteiger partial charge in [-0.25, -0.2) is 0 Å². The van der Waals surface area contributed by atoms with Crippen molar-refractivity contribution in [3.05, 3.63) is 35.2 Å². The third kappa shape index (κ3) is 4.51. The first kappa shape index (κ1) is 20.7. The molecule has 0 unspecified atom stereocenters. The number of hydrogen-bond acceptors (Lipinski definition) is 5. The van der Waals surface area contributed by atoms with Crippen molar-refractivity contribution in [2.75, 3.05) is 5.75 Å². The number of hydrogen-bond donors (Lipinski definition) is 0. The molecular formula is C21H30N4O2S. The fourth-order valence-corrected chi connectivity index (χ4v) is 4.53. The van der Waals surface area contributed by atoms with E-state index in [1.54, 1.807) is 0 Å². The van der Waals surface area contributed by atoms with Crippen LogP contribution in [0.5, 0.6) is 5.75 Å². The highest BCUT2D eigenvalue weighted by Gasteiger charge is 2.29. The molecule has 1 aliphatic rings. The Kier molecular flexibility index (Phi) is 6.65. The minimum atomic E-state index is 0.181. The molecule has 0 spiro atoms. The molecule has 28 heavy (non-hydrogen) atoms. The van der Waals surface area contributed by atoms with Crippen LogP contribution < -0.4 is 4.74 Å². The summed E-state index contributed by atoms with van der Waals surface area (Å²) in [5.74, 6) is 2.18. The molecule has 0 saturated carbocycles. The van der Waals surface area contributed by atoms with Crippen LogP contribution in [0.3, 0.4) is 0 Å². The Morgan fingerprint density at radius 1 is 1.21 bits per heavy atom. The van der Waals surface area contributed by atoms with E-state index in [0.717, 1.165) is 35.1 Å². The Morgan fingerprint density at radius 2 is 1.93 bits per heavy atom. The third-order valence-corrected chi connectivity index (χ3v) is 6.65. The van der Waals surface area contributed by atoms with Crippen LogP contribution in [0.4, 0.5) is 0 Å². The number of thioether (sulfide) groups is 1. The maximum absolute atomic E-state index is 12.7. The predicted octanol–water partition coefficient (Wildman–Crippen LogP) is 3.89. The van der Waals surface area contributed by atoms with Crippen molar-refractivity contribution >= 4 is 17.7 Å². The van der Waals surface area contributed by atoms with E-state index in [1.165, 1.54) is 23.7 Å². The van der Waals surface area contributed by atoms with E-state index in [0.29, 0.717) is 24.4 Å². The van der Waals surface area contributed by atoms with Crippen molar-refractivity contribution in [2.45, 2.75) is 70.8 Å². The molecule has 0 aliphatic carbocycles. The molecular weight excluding hydrogens is 372 g/mol. The molecule has 1 amide bonds. The number of aryl methyl sites for hydroxylation is 1. The van der Waals surface area contributed by atoms with Crippen molar-refractivity contribution < 1.29 is 9.53 Å². The van der Waals surface area contributed by atoms with Crippen molar-refractivity contribution in [2.24, 2.45) is 7.05 Å². The summed E-state index contributed by atoms with van der Waals surface area (Å²) in [6.07, 6.45) is 3.38. The lowest BCUT2D eigenvalue weighted by molar-refractivity contribution is -0.134. The number of carbonyl (C=O) groups excluding carboxylic acids is 1. The molecule has 2 heterocycles. The van der Waals surface area contributed by atoms with Gasteiger partial charge in [-0.3, -0.25) is 4.79 Å². The number of aromatic nitrogens is 3. The van der Waals surface area contributed by atoms with Crippen molar-refractivity contribution in [3.63, 3.8) is 0 Å². The quantitative estimate of drug-likeness (QED) is 0.686. The Balaban J connectivity index is 1.58. The molecule has 1 saturated heterocycles. The van der Waals surface area contributed by atoms with Crippen molar-refractivity contribution in [1.29, 1.82) is 0 Å². The number of ether oxygens (including phenoxy) is 1. The second-order valence-corrected chi connectivity index (χ2v) is 8.61. The van der Waals surface area contributed by atoms with Gasteiger partial charge in [0.1, 0.15) is 12.4 Å². The van der Waals surface area contributed by atoms with Crippen LogP contribution in [-0.4, -0.2) is 43.4 Å². The minimum absolute atomic E-state index is 0.181. The Morgan fingerprint density at radius 3 is 2.64 bits per heavy atom. The molecule has 0 N–H and O–H groups in total. The fourth-order valence-electron chi connectivity index (χ4n) is 3.73. The van der Waals surface area contributed by atoms with Gasteiger partial charge in [0.15, 0.2) is 11.0 Å². The van der Waals surface area contributed by atoms with E-state index in [-0.39, 0.29) is 5.91 Å². The van der Waals surface area contributed by atoms with Crippen LogP contribution >= 0.6 is 11.8 Å². The lowest BCUT2D eigenvalue weighted by atomic mass is 9.98. The zero-order valence-electron chi connectivity index (χ0n) is 17.4. The molecule has 3 rings (SSSR count). The van der Waals surface area contributed by atoms with Gasteiger partial charge in [0.2, 0.25) is 5.91 Å². The lowest BCUT2D eigenvalue weighted by Gasteiger charge is -2.39. The van der Waals surface area contributed by atoms with E-state index in [2.05, 4.69) is 44.0 Å². The highest BCUT2D eigenvalue weighted by Crippen LogP contribution is 2.25. The highest BCUT2D eigenvalue weighted by molar-refractivity contribution is 7.99. The Hall–Kier alpha value is -2.02. The van der Waals surface area contributed by atoms with Gasteiger partial charge >= 0.3 is 0 Å². The van der Waals surface area contributed by atoms with E-state index in [9.17, 15) is 4.79 Å². The molecule has 1 fully saturated rings. The lowest BCUT2D eigenvalue weighted by Crippen LogP contribution is -2.48. The van der Waals surface area contributed by atoms with Gasteiger partial charge < -0.3 is 14.2 Å². The fraction of sp³-hybridized carbons (Fsp3) is 0.571. The summed E-state index contributed by atoms with van der Waals surface area (Å²) in [5, 5.41) is 9.23. The second-order valence-electron chi connectivity index (χ2n) is 7.66. The van der Waals surface area contributed by atoms with Gasteiger partial charge in [0.05, 0.1) is 5.75 Å². The summed E-state index contributed by atoms with van der Waals surface area (Å²) < 4.78 is 7.85. The average molecular weight is 403 g/mol. The maximum atomic E-state index is 12.7. The average Bonchev–Trinajstić information content (AvgIpc) is 3.01. The summed E-state index contributed by atoms with van der Waals surface area (Å²) in [5.41, 5.74) is 2.33. The smallest absolute Gasteiger partial charge is 0.233 e. The number of likely N-dealkylation sites (tertiary alicyclic amines) is 1. The van der Waals surface area contributed by atoms with Crippen LogP contribution in [0.2, 0.25) is 0 Å². The van der Waals surface area contributed by atoms with Gasteiger partial charge in [0, 0.05) is 19.1 Å². The molecule has 2 atom stereocenters. The number of amides is 1. The van der Waals surface area contributed by atoms with Crippen molar-refractivity contribution in [1.82, 2.24) is 19.7 Å². The van der Waals surface area contributed by atoms with E-state index < -0.39 is 0 Å². The van der Waals surface area contributed by atoms with Crippen LogP contribution in [-0.2, 0) is 18.4 Å². The van der Waals surface area contributed by atoms with Gasteiger partial charge in [-0.05, 0) is 64.2 Å². The SMILES string of the molecule is Cc1cccc(OCc2nnc(SCC(=O)N3[C@H](C)CCC[C@H]3C)n2C)c1C.